The number of imide groups is 2. The van der Waals surface area contributed by atoms with E-state index >= 15 is 0 Å². The quantitative estimate of drug-likeness (QED) is 0.222. The van der Waals surface area contributed by atoms with Gasteiger partial charge in [0.1, 0.15) is 17.7 Å². The van der Waals surface area contributed by atoms with E-state index in [0.29, 0.717) is 52.8 Å². The van der Waals surface area contributed by atoms with Gasteiger partial charge in [-0.15, -0.1) is 0 Å². The smallest absolute Gasteiger partial charge is 0.262 e. The van der Waals surface area contributed by atoms with Crippen molar-refractivity contribution in [2.45, 2.75) is 89.1 Å². The van der Waals surface area contributed by atoms with E-state index < -0.39 is 23.8 Å². The number of hydrogen-bond donors (Lipinski definition) is 2. The normalized spacial score (nSPS) is 24.1. The van der Waals surface area contributed by atoms with Crippen LogP contribution in [0.15, 0.2) is 42.7 Å². The third kappa shape index (κ3) is 6.90. The van der Waals surface area contributed by atoms with Crippen LogP contribution < -0.4 is 25.3 Å². The number of carbonyl (C=O) groups excluding carboxylic acids is 4. The highest BCUT2D eigenvalue weighted by Gasteiger charge is 2.47. The third-order valence-corrected chi connectivity index (χ3v) is 13.5. The largest absolute Gasteiger partial charge is 0.381 e. The molecule has 4 aromatic rings. The highest BCUT2D eigenvalue weighted by atomic mass is 16.5. The summed E-state index contributed by atoms with van der Waals surface area (Å²) in [6.07, 6.45) is 9.44. The van der Waals surface area contributed by atoms with E-state index in [1.807, 2.05) is 24.4 Å². The van der Waals surface area contributed by atoms with E-state index in [1.54, 1.807) is 19.4 Å². The van der Waals surface area contributed by atoms with Crippen molar-refractivity contribution >= 4 is 63.6 Å². The Bertz CT molecular complexity index is 2350. The van der Waals surface area contributed by atoms with Gasteiger partial charge >= 0.3 is 0 Å². The standard InChI is InChI=1S/C43H52N12O5/c1-25(2)55-35-20-37(46-36-8-13-44-43(47-36)51-16-11-30(60-3)12-17-51)45-21-33(35)39(49-55)50-14-9-26(10-15-50)22-52-23-29-18-28(52)24-53(29)27-4-5-31-32(19-27)42(59)54(41(31)58)34-6-7-38(56)48-40(34)57/h4-5,8,13,19-21,25-26,28-30,34H,6-7,9-12,14-18,22-24H2,1-3H3,(H,48,56,57)(H,44,45,46,47). The first-order valence-electron chi connectivity index (χ1n) is 21.5. The van der Waals surface area contributed by atoms with E-state index in [-0.39, 0.29) is 24.8 Å². The Hall–Kier alpha value is -5.68. The van der Waals surface area contributed by atoms with Crippen molar-refractivity contribution in [1.82, 2.24) is 39.8 Å². The molecule has 10 rings (SSSR count). The van der Waals surface area contributed by atoms with Gasteiger partial charge in [0.05, 0.1) is 28.1 Å². The van der Waals surface area contributed by atoms with Crippen molar-refractivity contribution in [3.8, 4) is 0 Å². The molecule has 3 unspecified atom stereocenters. The first-order valence-corrected chi connectivity index (χ1v) is 21.5. The van der Waals surface area contributed by atoms with Gasteiger partial charge in [-0.25, -0.2) is 9.97 Å². The molecule has 4 amide bonds. The van der Waals surface area contributed by atoms with Gasteiger partial charge in [0.25, 0.3) is 11.8 Å². The number of anilines is 5. The summed E-state index contributed by atoms with van der Waals surface area (Å²) in [6.45, 7) is 10.8. The maximum atomic E-state index is 13.5. The first-order chi connectivity index (χ1) is 29.1. The molecule has 2 N–H and O–H groups in total. The number of pyridine rings is 1. The van der Waals surface area contributed by atoms with Gasteiger partial charge in [-0.3, -0.25) is 39.0 Å². The summed E-state index contributed by atoms with van der Waals surface area (Å²) in [5.74, 6) is 1.80. The fourth-order valence-corrected chi connectivity index (χ4v) is 10.3. The number of likely N-dealkylation sites (tertiary alicyclic amines) is 1. The average Bonchev–Trinajstić information content (AvgIpc) is 4.02. The van der Waals surface area contributed by atoms with Gasteiger partial charge in [-0.1, -0.05) is 0 Å². The number of carbonyl (C=O) groups is 4. The van der Waals surface area contributed by atoms with Crippen LogP contribution in [0.3, 0.4) is 0 Å². The van der Waals surface area contributed by atoms with Crippen molar-refractivity contribution in [3.63, 3.8) is 0 Å². The average molecular weight is 817 g/mol. The van der Waals surface area contributed by atoms with Gasteiger partial charge in [-0.2, -0.15) is 10.1 Å². The molecule has 17 nitrogen and oxygen atoms in total. The molecule has 60 heavy (non-hydrogen) atoms. The Labute approximate surface area is 348 Å². The van der Waals surface area contributed by atoms with Crippen LogP contribution in [0, 0.1) is 5.92 Å². The molecule has 6 aliphatic heterocycles. The Morgan fingerprint density at radius 2 is 1.65 bits per heavy atom. The van der Waals surface area contributed by atoms with Gasteiger partial charge in [0.2, 0.25) is 17.8 Å². The molecule has 2 bridgehead atoms. The number of piperazine rings is 1. The van der Waals surface area contributed by atoms with Crippen molar-refractivity contribution < 1.29 is 23.9 Å². The van der Waals surface area contributed by atoms with Gasteiger partial charge < -0.3 is 24.8 Å². The second-order valence-electron chi connectivity index (χ2n) is 17.5. The van der Waals surface area contributed by atoms with Crippen LogP contribution in [0.5, 0.6) is 0 Å². The van der Waals surface area contributed by atoms with E-state index in [9.17, 15) is 19.2 Å². The van der Waals surface area contributed by atoms with E-state index in [4.69, 9.17) is 19.8 Å². The Balaban J connectivity index is 0.754. The summed E-state index contributed by atoms with van der Waals surface area (Å²) < 4.78 is 7.64. The van der Waals surface area contributed by atoms with Crippen LogP contribution in [-0.4, -0.2) is 135 Å². The lowest BCUT2D eigenvalue weighted by Crippen LogP contribution is -2.54. The van der Waals surface area contributed by atoms with Crippen molar-refractivity contribution in [3.05, 3.63) is 53.9 Å². The number of piperidine rings is 3. The highest BCUT2D eigenvalue weighted by Crippen LogP contribution is 2.39. The monoisotopic (exact) mass is 816 g/mol. The fraction of sp³-hybridized carbons (Fsp3) is 0.535. The summed E-state index contributed by atoms with van der Waals surface area (Å²) >= 11 is 0. The lowest BCUT2D eigenvalue weighted by Gasteiger charge is -2.39. The highest BCUT2D eigenvalue weighted by molar-refractivity contribution is 6.23. The van der Waals surface area contributed by atoms with Crippen LogP contribution in [0.4, 0.5) is 29.1 Å². The molecule has 0 radical (unpaired) electrons. The summed E-state index contributed by atoms with van der Waals surface area (Å²) in [6, 6.07) is 9.39. The summed E-state index contributed by atoms with van der Waals surface area (Å²) in [7, 11) is 1.77. The van der Waals surface area contributed by atoms with Crippen LogP contribution in [0.2, 0.25) is 0 Å². The molecule has 17 heteroatoms. The second kappa shape index (κ2) is 15.4. The second-order valence-corrected chi connectivity index (χ2v) is 17.5. The third-order valence-electron chi connectivity index (χ3n) is 13.5. The molecule has 0 aliphatic carbocycles. The van der Waals surface area contributed by atoms with Crippen LogP contribution in [0.1, 0.15) is 85.6 Å². The Morgan fingerprint density at radius 1 is 0.867 bits per heavy atom. The number of rotatable bonds is 10. The molecule has 1 aromatic carbocycles. The molecule has 3 atom stereocenters. The summed E-state index contributed by atoms with van der Waals surface area (Å²) in [5.41, 5.74) is 2.62. The van der Waals surface area contributed by atoms with E-state index in [2.05, 4.69) is 59.8 Å². The van der Waals surface area contributed by atoms with Crippen molar-refractivity contribution in [1.29, 1.82) is 0 Å². The molecule has 0 spiro atoms. The maximum Gasteiger partial charge on any atom is 0.262 e. The molecule has 0 saturated carbocycles. The molecular weight excluding hydrogens is 765 g/mol. The molecule has 5 saturated heterocycles. The lowest BCUT2D eigenvalue weighted by atomic mass is 9.95. The molecule has 3 aromatic heterocycles. The number of ether oxygens (including phenoxy) is 1. The van der Waals surface area contributed by atoms with Gasteiger partial charge in [0.15, 0.2) is 5.82 Å². The van der Waals surface area contributed by atoms with E-state index in [1.165, 1.54) is 0 Å². The molecular formula is C43H52N12O5. The van der Waals surface area contributed by atoms with Crippen LogP contribution in [-0.2, 0) is 14.3 Å². The minimum absolute atomic E-state index is 0.100. The fourth-order valence-electron chi connectivity index (χ4n) is 10.3. The van der Waals surface area contributed by atoms with Crippen molar-refractivity contribution in [2.75, 3.05) is 72.9 Å². The first kappa shape index (κ1) is 38.5. The predicted octanol–water partition coefficient (Wildman–Crippen LogP) is 3.74. The molecule has 314 valence electrons. The minimum Gasteiger partial charge on any atom is -0.381 e. The Kier molecular flexibility index (Phi) is 9.89. The zero-order valence-corrected chi connectivity index (χ0v) is 34.4. The number of methoxy groups -OCH3 is 1. The minimum atomic E-state index is -0.965. The number of amides is 4. The van der Waals surface area contributed by atoms with Gasteiger partial charge in [0, 0.05) is 102 Å². The predicted molar refractivity (Wildman–Crippen MR) is 225 cm³/mol. The van der Waals surface area contributed by atoms with E-state index in [0.717, 1.165) is 105 Å². The number of hydrogen-bond acceptors (Lipinski definition) is 14. The summed E-state index contributed by atoms with van der Waals surface area (Å²) in [4.78, 5) is 75.8. The number of nitrogens with zero attached hydrogens (tertiary/aromatic N) is 10. The zero-order valence-electron chi connectivity index (χ0n) is 34.4. The number of fused-ring (bicyclic) bond motifs is 4. The lowest BCUT2D eigenvalue weighted by molar-refractivity contribution is -0.136. The topological polar surface area (TPSA) is 174 Å². The Morgan fingerprint density at radius 3 is 2.38 bits per heavy atom. The number of benzene rings is 1. The van der Waals surface area contributed by atoms with Gasteiger partial charge in [-0.05, 0) is 82.6 Å². The van der Waals surface area contributed by atoms with Crippen LogP contribution in [0.25, 0.3) is 10.9 Å². The maximum absolute atomic E-state index is 13.5. The molecule has 6 aliphatic rings. The van der Waals surface area contributed by atoms with Crippen molar-refractivity contribution in [2.24, 2.45) is 5.92 Å². The summed E-state index contributed by atoms with van der Waals surface area (Å²) in [5, 5.41) is 11.9. The number of nitrogens with one attached hydrogen (secondary N) is 2. The van der Waals surface area contributed by atoms with Crippen LogP contribution >= 0.6 is 0 Å². The SMILES string of the molecule is COC1CCN(c2nccc(Nc3cc4c(cn3)c(N3CCC(CN5CC6CC5CN6c5ccc6c(c5)C(=O)N(C5CCC(=O)NC5=O)C6=O)CC3)nn4C(C)C)n2)CC1. The molecule has 9 heterocycles. The number of aromatic nitrogens is 5. The zero-order chi connectivity index (χ0) is 41.2. The molecule has 5 fully saturated rings.